The van der Waals surface area contributed by atoms with Crippen LogP contribution < -0.4 is 5.32 Å². The minimum Gasteiger partial charge on any atom is -0.360 e. The Morgan fingerprint density at radius 2 is 2.04 bits per heavy atom. The molecule has 1 aromatic carbocycles. The van der Waals surface area contributed by atoms with Gasteiger partial charge in [0.1, 0.15) is 0 Å². The van der Waals surface area contributed by atoms with Crippen LogP contribution in [0.2, 0.25) is 5.02 Å². The molecule has 3 heterocycles. The summed E-state index contributed by atoms with van der Waals surface area (Å²) in [6.45, 7) is 2.91. The first-order valence-corrected chi connectivity index (χ1v) is 9.14. The molecular formula is C18H16ClN5S. The van der Waals surface area contributed by atoms with E-state index in [2.05, 4.69) is 33.4 Å². The molecule has 0 radical (unpaired) electrons. The van der Waals surface area contributed by atoms with Crippen LogP contribution in [0, 0.1) is 6.92 Å². The quantitative estimate of drug-likeness (QED) is 0.564. The van der Waals surface area contributed by atoms with E-state index in [1.165, 1.54) is 11.1 Å². The predicted octanol–water partition coefficient (Wildman–Crippen LogP) is 4.47. The lowest BCUT2D eigenvalue weighted by Gasteiger charge is -2.05. The van der Waals surface area contributed by atoms with Crippen molar-refractivity contribution in [2.24, 2.45) is 0 Å². The molecule has 0 spiro atoms. The number of rotatable bonds is 5. The second kappa shape index (κ2) is 6.82. The molecule has 126 valence electrons. The first-order chi connectivity index (χ1) is 12.2. The van der Waals surface area contributed by atoms with Crippen molar-refractivity contribution in [3.8, 4) is 11.3 Å². The summed E-state index contributed by atoms with van der Waals surface area (Å²) in [6.07, 6.45) is 6.60. The van der Waals surface area contributed by atoms with Crippen LogP contribution in [0.4, 0.5) is 5.13 Å². The lowest BCUT2D eigenvalue weighted by atomic mass is 10.1. The zero-order valence-corrected chi connectivity index (χ0v) is 15.2. The number of halogens is 1. The number of nitrogens with zero attached hydrogens (tertiary/aromatic N) is 4. The molecule has 4 aromatic rings. The van der Waals surface area contributed by atoms with Crippen molar-refractivity contribution in [3.05, 3.63) is 65.1 Å². The number of benzene rings is 1. The molecule has 1 N–H and O–H groups in total. The van der Waals surface area contributed by atoms with Crippen LogP contribution >= 0.6 is 22.9 Å². The molecule has 0 saturated carbocycles. The van der Waals surface area contributed by atoms with Gasteiger partial charge in [-0.25, -0.2) is 9.50 Å². The van der Waals surface area contributed by atoms with Gasteiger partial charge in [-0.3, -0.25) is 4.98 Å². The highest BCUT2D eigenvalue weighted by Crippen LogP contribution is 2.25. The SMILES string of the molecule is Cc1cnccc1CCNc1nn2cc(-c3ccc(Cl)cc3)nc2s1. The molecule has 0 bridgehead atoms. The van der Waals surface area contributed by atoms with Gasteiger partial charge >= 0.3 is 0 Å². The molecule has 5 nitrogen and oxygen atoms in total. The average molecular weight is 370 g/mol. The minimum atomic E-state index is 0.721. The third-order valence-electron chi connectivity index (χ3n) is 3.99. The molecule has 0 atom stereocenters. The van der Waals surface area contributed by atoms with E-state index in [1.54, 1.807) is 11.3 Å². The van der Waals surface area contributed by atoms with Crippen LogP contribution in [0.25, 0.3) is 16.2 Å². The molecule has 0 aliphatic rings. The molecule has 3 aromatic heterocycles. The number of aryl methyl sites for hydroxylation is 1. The fraction of sp³-hybridized carbons (Fsp3) is 0.167. The number of anilines is 1. The van der Waals surface area contributed by atoms with E-state index >= 15 is 0 Å². The molecule has 0 amide bonds. The third kappa shape index (κ3) is 3.50. The molecule has 25 heavy (non-hydrogen) atoms. The van der Waals surface area contributed by atoms with E-state index in [-0.39, 0.29) is 0 Å². The molecule has 0 aliphatic carbocycles. The summed E-state index contributed by atoms with van der Waals surface area (Å²) in [5, 5.41) is 9.52. The monoisotopic (exact) mass is 369 g/mol. The lowest BCUT2D eigenvalue weighted by molar-refractivity contribution is 0.942. The van der Waals surface area contributed by atoms with Gasteiger partial charge in [-0.1, -0.05) is 35.1 Å². The number of pyridine rings is 1. The van der Waals surface area contributed by atoms with Crippen molar-refractivity contribution in [2.45, 2.75) is 13.3 Å². The van der Waals surface area contributed by atoms with Crippen molar-refractivity contribution in [1.29, 1.82) is 0 Å². The van der Waals surface area contributed by atoms with Crippen LogP contribution in [-0.2, 0) is 6.42 Å². The normalized spacial score (nSPS) is 11.1. The summed E-state index contributed by atoms with van der Waals surface area (Å²) in [5.74, 6) is 0. The summed E-state index contributed by atoms with van der Waals surface area (Å²) in [4.78, 5) is 9.63. The smallest absolute Gasteiger partial charge is 0.214 e. The maximum atomic E-state index is 5.93. The van der Waals surface area contributed by atoms with Crippen LogP contribution in [0.5, 0.6) is 0 Å². The van der Waals surface area contributed by atoms with Gasteiger partial charge in [0.15, 0.2) is 0 Å². The fourth-order valence-corrected chi connectivity index (χ4v) is 3.55. The van der Waals surface area contributed by atoms with Gasteiger partial charge in [0, 0.05) is 29.5 Å². The van der Waals surface area contributed by atoms with Gasteiger partial charge in [-0.2, -0.15) is 0 Å². The summed E-state index contributed by atoms with van der Waals surface area (Å²) >= 11 is 7.48. The van der Waals surface area contributed by atoms with Crippen molar-refractivity contribution in [3.63, 3.8) is 0 Å². The number of fused-ring (bicyclic) bond motifs is 1. The van der Waals surface area contributed by atoms with Crippen LogP contribution in [-0.4, -0.2) is 26.1 Å². The largest absolute Gasteiger partial charge is 0.360 e. The Kier molecular flexibility index (Phi) is 4.38. The predicted molar refractivity (Wildman–Crippen MR) is 102 cm³/mol. The molecule has 4 rings (SSSR count). The van der Waals surface area contributed by atoms with Gasteiger partial charge in [0.2, 0.25) is 10.1 Å². The second-order valence-corrected chi connectivity index (χ2v) is 7.14. The highest BCUT2D eigenvalue weighted by Gasteiger charge is 2.09. The molecular weight excluding hydrogens is 354 g/mol. The maximum absolute atomic E-state index is 5.93. The number of imidazole rings is 1. The summed E-state index contributed by atoms with van der Waals surface area (Å²) in [6, 6.07) is 9.72. The number of hydrogen-bond donors (Lipinski definition) is 1. The van der Waals surface area contributed by atoms with Crippen LogP contribution in [0.15, 0.2) is 48.9 Å². The van der Waals surface area contributed by atoms with Gasteiger partial charge in [0.05, 0.1) is 11.9 Å². The fourth-order valence-electron chi connectivity index (χ4n) is 2.62. The summed E-state index contributed by atoms with van der Waals surface area (Å²) < 4.78 is 1.81. The van der Waals surface area contributed by atoms with E-state index in [4.69, 9.17) is 11.6 Å². The number of nitrogens with one attached hydrogen (secondary N) is 1. The van der Waals surface area contributed by atoms with E-state index in [1.807, 2.05) is 47.4 Å². The van der Waals surface area contributed by atoms with Crippen LogP contribution in [0.3, 0.4) is 0 Å². The Morgan fingerprint density at radius 1 is 1.20 bits per heavy atom. The Labute approximate surface area is 154 Å². The molecule has 0 saturated heterocycles. The van der Waals surface area contributed by atoms with Crippen molar-refractivity contribution >= 4 is 33.0 Å². The van der Waals surface area contributed by atoms with E-state index in [0.717, 1.165) is 39.3 Å². The van der Waals surface area contributed by atoms with Crippen molar-refractivity contribution < 1.29 is 0 Å². The highest BCUT2D eigenvalue weighted by atomic mass is 35.5. The number of hydrogen-bond acceptors (Lipinski definition) is 5. The average Bonchev–Trinajstić information content (AvgIpc) is 3.16. The zero-order valence-electron chi connectivity index (χ0n) is 13.6. The summed E-state index contributed by atoms with van der Waals surface area (Å²) in [5.41, 5.74) is 4.44. The lowest BCUT2D eigenvalue weighted by Crippen LogP contribution is -2.06. The standard InChI is InChI=1S/C18H16ClN5S/c1-12-10-20-8-6-13(12)7-9-21-17-23-24-11-16(22-18(24)25-17)14-2-4-15(19)5-3-14/h2-6,8,10-11H,7,9H2,1H3,(H,21,23). The molecule has 0 fully saturated rings. The Bertz CT molecular complexity index is 974. The summed E-state index contributed by atoms with van der Waals surface area (Å²) in [7, 11) is 0. The Balaban J connectivity index is 1.44. The highest BCUT2D eigenvalue weighted by molar-refractivity contribution is 7.20. The van der Waals surface area contributed by atoms with Crippen molar-refractivity contribution in [1.82, 2.24) is 19.6 Å². The van der Waals surface area contributed by atoms with Crippen LogP contribution in [0.1, 0.15) is 11.1 Å². The molecule has 7 heteroatoms. The van der Waals surface area contributed by atoms with E-state index in [0.29, 0.717) is 0 Å². The Hall–Kier alpha value is -2.44. The molecule has 0 aliphatic heterocycles. The van der Waals surface area contributed by atoms with E-state index in [9.17, 15) is 0 Å². The Morgan fingerprint density at radius 3 is 2.80 bits per heavy atom. The minimum absolute atomic E-state index is 0.721. The van der Waals surface area contributed by atoms with Gasteiger partial charge in [0.25, 0.3) is 0 Å². The number of aromatic nitrogens is 4. The first kappa shape index (κ1) is 16.1. The third-order valence-corrected chi connectivity index (χ3v) is 5.12. The van der Waals surface area contributed by atoms with Crippen molar-refractivity contribution in [2.75, 3.05) is 11.9 Å². The van der Waals surface area contributed by atoms with E-state index < -0.39 is 0 Å². The van der Waals surface area contributed by atoms with Gasteiger partial charge < -0.3 is 5.32 Å². The van der Waals surface area contributed by atoms with Gasteiger partial charge in [-0.15, -0.1) is 5.10 Å². The first-order valence-electron chi connectivity index (χ1n) is 7.94. The topological polar surface area (TPSA) is 55.1 Å². The second-order valence-electron chi connectivity index (χ2n) is 5.75. The molecule has 0 unspecified atom stereocenters. The van der Waals surface area contributed by atoms with Gasteiger partial charge in [-0.05, 0) is 42.7 Å². The maximum Gasteiger partial charge on any atom is 0.214 e. The zero-order chi connectivity index (χ0) is 17.2.